The fourth-order valence-corrected chi connectivity index (χ4v) is 4.33. The first-order valence-electron chi connectivity index (χ1n) is 6.96. The van der Waals surface area contributed by atoms with E-state index in [-0.39, 0.29) is 22.9 Å². The average molecular weight is 381 g/mol. The zero-order chi connectivity index (χ0) is 16.2. The molecule has 0 radical (unpaired) electrons. The molecule has 1 atom stereocenters. The maximum Gasteiger partial charge on any atom is 0.246 e. The molecule has 7 heteroatoms. The standard InChI is InChI=1S/C14H22BrFN2O2S/c1-4-10(3)9-18(5-2)21(19,20)13-7-12(15)6-11(8-17)14(13)16/h6-7,10H,4-5,8-9,17H2,1-3H3. The number of rotatable bonds is 7. The molecule has 0 fully saturated rings. The van der Waals surface area contributed by atoms with Gasteiger partial charge in [-0.3, -0.25) is 0 Å². The third kappa shape index (κ3) is 4.25. The molecule has 2 N–H and O–H groups in total. The van der Waals surface area contributed by atoms with E-state index in [1.54, 1.807) is 6.92 Å². The monoisotopic (exact) mass is 380 g/mol. The summed E-state index contributed by atoms with van der Waals surface area (Å²) < 4.78 is 41.5. The lowest BCUT2D eigenvalue weighted by molar-refractivity contribution is 0.359. The average Bonchev–Trinajstić information content (AvgIpc) is 2.45. The van der Waals surface area contributed by atoms with E-state index in [0.29, 0.717) is 17.6 Å². The van der Waals surface area contributed by atoms with Gasteiger partial charge in [0.25, 0.3) is 0 Å². The van der Waals surface area contributed by atoms with Gasteiger partial charge in [0.05, 0.1) is 0 Å². The fraction of sp³-hybridized carbons (Fsp3) is 0.571. The van der Waals surface area contributed by atoms with Crippen molar-refractivity contribution in [1.29, 1.82) is 0 Å². The first kappa shape index (κ1) is 18.5. The summed E-state index contributed by atoms with van der Waals surface area (Å²) in [5.74, 6) is -0.549. The lowest BCUT2D eigenvalue weighted by atomic mass is 10.1. The smallest absolute Gasteiger partial charge is 0.246 e. The Bertz CT molecular complexity index is 593. The number of halogens is 2. The molecule has 120 valence electrons. The highest BCUT2D eigenvalue weighted by Gasteiger charge is 2.28. The maximum atomic E-state index is 14.4. The lowest BCUT2D eigenvalue weighted by Crippen LogP contribution is -2.35. The van der Waals surface area contributed by atoms with Gasteiger partial charge in [-0.2, -0.15) is 4.31 Å². The second-order valence-electron chi connectivity index (χ2n) is 5.05. The van der Waals surface area contributed by atoms with Crippen molar-refractivity contribution >= 4 is 26.0 Å². The molecule has 0 aliphatic carbocycles. The number of benzene rings is 1. The summed E-state index contributed by atoms with van der Waals surface area (Å²) in [6.07, 6.45) is 0.862. The minimum atomic E-state index is -3.87. The zero-order valence-corrected chi connectivity index (χ0v) is 15.0. The molecule has 0 aromatic heterocycles. The molecule has 0 aliphatic heterocycles. The van der Waals surface area contributed by atoms with Gasteiger partial charge in [0, 0.05) is 29.7 Å². The van der Waals surface area contributed by atoms with Crippen LogP contribution in [0.3, 0.4) is 0 Å². The van der Waals surface area contributed by atoms with Crippen molar-refractivity contribution in [2.75, 3.05) is 13.1 Å². The molecular formula is C14H22BrFN2O2S. The predicted molar refractivity (Wildman–Crippen MR) is 85.9 cm³/mol. The summed E-state index contributed by atoms with van der Waals surface area (Å²) >= 11 is 3.21. The molecule has 1 unspecified atom stereocenters. The van der Waals surface area contributed by atoms with Gasteiger partial charge in [-0.25, -0.2) is 12.8 Å². The van der Waals surface area contributed by atoms with Crippen LogP contribution in [0.15, 0.2) is 21.5 Å². The summed E-state index contributed by atoms with van der Waals surface area (Å²) in [5.41, 5.74) is 5.66. The van der Waals surface area contributed by atoms with Crippen LogP contribution in [-0.4, -0.2) is 25.8 Å². The van der Waals surface area contributed by atoms with E-state index in [1.807, 2.05) is 13.8 Å². The molecule has 0 saturated carbocycles. The minimum absolute atomic E-state index is 0.0503. The van der Waals surface area contributed by atoms with Gasteiger partial charge in [0.2, 0.25) is 10.0 Å². The quantitative estimate of drug-likeness (QED) is 0.790. The molecule has 4 nitrogen and oxygen atoms in total. The molecule has 0 amide bonds. The van der Waals surface area contributed by atoms with Crippen LogP contribution in [0.5, 0.6) is 0 Å². The summed E-state index contributed by atoms with van der Waals surface area (Å²) in [6, 6.07) is 2.79. The van der Waals surface area contributed by atoms with Gasteiger partial charge < -0.3 is 5.73 Å². The number of sulfonamides is 1. The number of nitrogens with two attached hydrogens (primary N) is 1. The Balaban J connectivity index is 3.32. The molecule has 0 spiro atoms. The Kier molecular flexibility index (Phi) is 6.77. The summed E-state index contributed by atoms with van der Waals surface area (Å²) in [6.45, 7) is 6.35. The fourth-order valence-electron chi connectivity index (χ4n) is 1.97. The normalized spacial score (nSPS) is 13.7. The number of nitrogens with zero attached hydrogens (tertiary/aromatic N) is 1. The Morgan fingerprint density at radius 2 is 2.00 bits per heavy atom. The third-order valence-corrected chi connectivity index (χ3v) is 5.88. The van der Waals surface area contributed by atoms with Gasteiger partial charge in [-0.05, 0) is 18.1 Å². The zero-order valence-electron chi connectivity index (χ0n) is 12.6. The summed E-state index contributed by atoms with van der Waals surface area (Å²) in [5, 5.41) is 0. The van der Waals surface area contributed by atoms with E-state index in [1.165, 1.54) is 16.4 Å². The molecule has 0 aliphatic rings. The van der Waals surface area contributed by atoms with Crippen molar-refractivity contribution in [2.45, 2.75) is 38.6 Å². The van der Waals surface area contributed by atoms with E-state index >= 15 is 0 Å². The highest BCUT2D eigenvalue weighted by molar-refractivity contribution is 9.10. The molecule has 0 saturated heterocycles. The second-order valence-corrected chi connectivity index (χ2v) is 7.87. The first-order chi connectivity index (χ1) is 9.77. The van der Waals surface area contributed by atoms with Crippen LogP contribution in [0, 0.1) is 11.7 Å². The van der Waals surface area contributed by atoms with Gasteiger partial charge in [0.15, 0.2) is 0 Å². The second kappa shape index (κ2) is 7.67. The molecule has 1 aromatic rings. The predicted octanol–water partition coefficient (Wildman–Crippen LogP) is 3.10. The van der Waals surface area contributed by atoms with Gasteiger partial charge in [0.1, 0.15) is 10.7 Å². The number of hydrogen-bond acceptors (Lipinski definition) is 3. The molecule has 0 bridgehead atoms. The van der Waals surface area contributed by atoms with Crippen LogP contribution < -0.4 is 5.73 Å². The SMILES string of the molecule is CCC(C)CN(CC)S(=O)(=O)c1cc(Br)cc(CN)c1F. The van der Waals surface area contributed by atoms with E-state index in [4.69, 9.17) is 5.73 Å². The first-order valence-corrected chi connectivity index (χ1v) is 9.19. The lowest BCUT2D eigenvalue weighted by Gasteiger charge is -2.24. The van der Waals surface area contributed by atoms with Gasteiger partial charge in [-0.15, -0.1) is 0 Å². The van der Waals surface area contributed by atoms with Crippen LogP contribution in [-0.2, 0) is 16.6 Å². The van der Waals surface area contributed by atoms with E-state index in [2.05, 4.69) is 15.9 Å². The van der Waals surface area contributed by atoms with Crippen molar-refractivity contribution in [2.24, 2.45) is 11.7 Å². The van der Waals surface area contributed by atoms with Crippen molar-refractivity contribution in [3.63, 3.8) is 0 Å². The Hall–Kier alpha value is -0.500. The summed E-state index contributed by atoms with van der Waals surface area (Å²) in [7, 11) is -3.87. The van der Waals surface area contributed by atoms with E-state index in [0.717, 1.165) is 6.42 Å². The van der Waals surface area contributed by atoms with Crippen LogP contribution in [0.1, 0.15) is 32.8 Å². The van der Waals surface area contributed by atoms with E-state index < -0.39 is 15.8 Å². The van der Waals surface area contributed by atoms with Crippen LogP contribution in [0.2, 0.25) is 0 Å². The number of hydrogen-bond donors (Lipinski definition) is 1. The van der Waals surface area contributed by atoms with Crippen molar-refractivity contribution < 1.29 is 12.8 Å². The third-order valence-electron chi connectivity index (χ3n) is 3.48. The maximum absolute atomic E-state index is 14.4. The molecule has 0 heterocycles. The molecule has 21 heavy (non-hydrogen) atoms. The largest absolute Gasteiger partial charge is 0.326 e. The van der Waals surface area contributed by atoms with E-state index in [9.17, 15) is 12.8 Å². The molecular weight excluding hydrogens is 359 g/mol. The van der Waals surface area contributed by atoms with Crippen LogP contribution in [0.25, 0.3) is 0 Å². The summed E-state index contributed by atoms with van der Waals surface area (Å²) in [4.78, 5) is -0.317. The van der Waals surface area contributed by atoms with Gasteiger partial charge in [-0.1, -0.05) is 43.1 Å². The Labute approximate surface area is 134 Å². The highest BCUT2D eigenvalue weighted by atomic mass is 79.9. The Morgan fingerprint density at radius 1 is 1.38 bits per heavy atom. The molecule has 1 rings (SSSR count). The highest BCUT2D eigenvalue weighted by Crippen LogP contribution is 2.27. The Morgan fingerprint density at radius 3 is 2.48 bits per heavy atom. The topological polar surface area (TPSA) is 63.4 Å². The van der Waals surface area contributed by atoms with Gasteiger partial charge >= 0.3 is 0 Å². The van der Waals surface area contributed by atoms with Crippen LogP contribution >= 0.6 is 15.9 Å². The molecule has 1 aromatic carbocycles. The van der Waals surface area contributed by atoms with Crippen molar-refractivity contribution in [3.05, 3.63) is 28.0 Å². The van der Waals surface area contributed by atoms with Crippen LogP contribution in [0.4, 0.5) is 4.39 Å². The van der Waals surface area contributed by atoms with Crippen molar-refractivity contribution in [3.8, 4) is 0 Å². The minimum Gasteiger partial charge on any atom is -0.326 e. The van der Waals surface area contributed by atoms with Crippen molar-refractivity contribution in [1.82, 2.24) is 4.31 Å².